The lowest BCUT2D eigenvalue weighted by atomic mass is 9.68. The Morgan fingerprint density at radius 2 is 2.23 bits per heavy atom. The Morgan fingerprint density at radius 1 is 1.41 bits per heavy atom. The highest BCUT2D eigenvalue weighted by molar-refractivity contribution is 9.09. The predicted octanol–water partition coefficient (Wildman–Crippen LogP) is 3.70. The summed E-state index contributed by atoms with van der Waals surface area (Å²) in [7, 11) is 0. The van der Waals surface area contributed by atoms with Crippen molar-refractivity contribution < 1.29 is 14.3 Å². The topological polar surface area (TPSA) is 55.4 Å². The number of hydrogen-bond acceptors (Lipinski definition) is 3. The second-order valence-electron chi connectivity index (χ2n) is 6.09. The highest BCUT2D eigenvalue weighted by Gasteiger charge is 2.49. The van der Waals surface area contributed by atoms with Crippen molar-refractivity contribution >= 4 is 33.5 Å². The molecule has 0 saturated heterocycles. The van der Waals surface area contributed by atoms with Crippen LogP contribution in [0.5, 0.6) is 5.75 Å². The lowest BCUT2D eigenvalue weighted by molar-refractivity contribution is -0.131. The smallest absolute Gasteiger partial charge is 0.308 e. The van der Waals surface area contributed by atoms with E-state index in [1.54, 1.807) is 6.07 Å². The predicted molar refractivity (Wildman–Crippen MR) is 88.6 cm³/mol. The van der Waals surface area contributed by atoms with Crippen LogP contribution in [-0.2, 0) is 21.4 Å². The summed E-state index contributed by atoms with van der Waals surface area (Å²) in [6, 6.07) is 3.67. The molecule has 1 aliphatic carbocycles. The average Bonchev–Trinajstić information content (AvgIpc) is 2.76. The largest absolute Gasteiger partial charge is 0.426 e. The highest BCUT2D eigenvalue weighted by atomic mass is 79.9. The van der Waals surface area contributed by atoms with E-state index in [1.807, 2.05) is 6.07 Å². The molecule has 0 aromatic heterocycles. The summed E-state index contributed by atoms with van der Waals surface area (Å²) in [6.07, 6.45) is 5.62. The molecule has 1 unspecified atom stereocenters. The van der Waals surface area contributed by atoms with Crippen LogP contribution in [0.4, 0.5) is 5.69 Å². The molecule has 5 heteroatoms. The van der Waals surface area contributed by atoms with Gasteiger partial charge in [-0.3, -0.25) is 9.59 Å². The highest BCUT2D eigenvalue weighted by Crippen LogP contribution is 2.51. The van der Waals surface area contributed by atoms with Crippen molar-refractivity contribution in [3.63, 3.8) is 0 Å². The first-order valence-electron chi connectivity index (χ1n) is 7.81. The van der Waals surface area contributed by atoms with Crippen LogP contribution in [0.3, 0.4) is 0 Å². The molecule has 4 nitrogen and oxygen atoms in total. The molecule has 0 saturated carbocycles. The summed E-state index contributed by atoms with van der Waals surface area (Å²) in [4.78, 5) is 24.0. The number of unbranched alkanes of at least 4 members (excludes halogenated alkanes) is 1. The van der Waals surface area contributed by atoms with Crippen molar-refractivity contribution in [3.05, 3.63) is 23.3 Å². The summed E-state index contributed by atoms with van der Waals surface area (Å²) >= 11 is 3.45. The number of amides is 1. The van der Waals surface area contributed by atoms with Crippen LogP contribution in [0.25, 0.3) is 0 Å². The van der Waals surface area contributed by atoms with Gasteiger partial charge in [-0.15, -0.1) is 0 Å². The third kappa shape index (κ3) is 2.45. The number of rotatable bonds is 5. The maximum absolute atomic E-state index is 12.7. The number of ether oxygens (including phenoxy) is 1. The standard InChI is InChI=1S/C17H20BrNO3/c1-11(20)22-14-7-6-13-15-12(14)5-4-9-17(15,16(21)19-13)8-2-3-10-18/h6-7H,2-5,8-10H2,1H3,(H,19,21). The number of carbonyl (C=O) groups is 2. The quantitative estimate of drug-likeness (QED) is 0.374. The van der Waals surface area contributed by atoms with Crippen molar-refractivity contribution in [1.82, 2.24) is 0 Å². The fraction of sp³-hybridized carbons (Fsp3) is 0.529. The molecule has 1 heterocycles. The third-order valence-corrected chi connectivity index (χ3v) is 5.26. The lowest BCUT2D eigenvalue weighted by Gasteiger charge is -2.33. The lowest BCUT2D eigenvalue weighted by Crippen LogP contribution is -2.37. The Kier molecular flexibility index (Phi) is 4.26. The fourth-order valence-corrected chi connectivity index (χ4v) is 4.22. The summed E-state index contributed by atoms with van der Waals surface area (Å²) < 4.78 is 5.36. The molecule has 0 bridgehead atoms. The van der Waals surface area contributed by atoms with Crippen molar-refractivity contribution in [3.8, 4) is 5.75 Å². The van der Waals surface area contributed by atoms with Gasteiger partial charge in [0.2, 0.25) is 5.91 Å². The molecule has 0 fully saturated rings. The normalized spacial score (nSPS) is 22.2. The number of nitrogens with one attached hydrogen (secondary N) is 1. The molecular formula is C17H20BrNO3. The zero-order valence-corrected chi connectivity index (χ0v) is 14.3. The number of carbonyl (C=O) groups excluding carboxylic acids is 2. The van der Waals surface area contributed by atoms with Gasteiger partial charge in [0.1, 0.15) is 5.75 Å². The maximum Gasteiger partial charge on any atom is 0.308 e. The van der Waals surface area contributed by atoms with E-state index < -0.39 is 5.41 Å². The van der Waals surface area contributed by atoms with Crippen LogP contribution in [0.15, 0.2) is 12.1 Å². The van der Waals surface area contributed by atoms with Gasteiger partial charge in [0.05, 0.1) is 5.41 Å². The molecule has 0 spiro atoms. The van der Waals surface area contributed by atoms with Crippen LogP contribution < -0.4 is 10.1 Å². The van der Waals surface area contributed by atoms with Gasteiger partial charge < -0.3 is 10.1 Å². The minimum atomic E-state index is -0.429. The van der Waals surface area contributed by atoms with Gasteiger partial charge in [-0.1, -0.05) is 22.4 Å². The van der Waals surface area contributed by atoms with Gasteiger partial charge in [-0.2, -0.15) is 0 Å². The van der Waals surface area contributed by atoms with Gasteiger partial charge in [0.25, 0.3) is 0 Å². The van der Waals surface area contributed by atoms with E-state index in [2.05, 4.69) is 21.2 Å². The Bertz CT molecular complexity index is 629. The molecule has 1 aromatic carbocycles. The molecular weight excluding hydrogens is 346 g/mol. The van der Waals surface area contributed by atoms with Gasteiger partial charge >= 0.3 is 5.97 Å². The van der Waals surface area contributed by atoms with Crippen LogP contribution in [0.2, 0.25) is 0 Å². The van der Waals surface area contributed by atoms with Gasteiger partial charge in [-0.25, -0.2) is 0 Å². The van der Waals surface area contributed by atoms with E-state index in [-0.39, 0.29) is 11.9 Å². The zero-order chi connectivity index (χ0) is 15.7. The monoisotopic (exact) mass is 365 g/mol. The molecule has 22 heavy (non-hydrogen) atoms. The molecule has 1 amide bonds. The molecule has 0 radical (unpaired) electrons. The second kappa shape index (κ2) is 6.03. The van der Waals surface area contributed by atoms with Crippen LogP contribution in [0.1, 0.15) is 50.2 Å². The summed E-state index contributed by atoms with van der Waals surface area (Å²) in [5.74, 6) is 0.411. The number of alkyl halides is 1. The molecule has 118 valence electrons. The van der Waals surface area contributed by atoms with Crippen LogP contribution in [-0.4, -0.2) is 17.2 Å². The van der Waals surface area contributed by atoms with E-state index in [1.165, 1.54) is 6.92 Å². The zero-order valence-electron chi connectivity index (χ0n) is 12.7. The van der Waals surface area contributed by atoms with Gasteiger partial charge in [0.15, 0.2) is 0 Å². The average molecular weight is 366 g/mol. The first-order valence-corrected chi connectivity index (χ1v) is 8.93. The number of halogens is 1. The van der Waals surface area contributed by atoms with Crippen LogP contribution >= 0.6 is 15.9 Å². The Balaban J connectivity index is 2.04. The minimum absolute atomic E-state index is 0.109. The summed E-state index contributed by atoms with van der Waals surface area (Å²) in [5, 5.41) is 3.99. The Hall–Kier alpha value is -1.36. The molecule has 1 aliphatic heterocycles. The number of esters is 1. The molecule has 2 aliphatic rings. The van der Waals surface area contributed by atoms with E-state index >= 15 is 0 Å². The Labute approximate surface area is 138 Å². The van der Waals surface area contributed by atoms with E-state index in [0.717, 1.165) is 60.7 Å². The third-order valence-electron chi connectivity index (χ3n) is 4.70. The number of hydrogen-bond donors (Lipinski definition) is 1. The van der Waals surface area contributed by atoms with Crippen LogP contribution in [0, 0.1) is 0 Å². The Morgan fingerprint density at radius 3 is 2.95 bits per heavy atom. The maximum atomic E-state index is 12.7. The van der Waals surface area contributed by atoms with Crippen molar-refractivity contribution in [2.45, 2.75) is 50.9 Å². The van der Waals surface area contributed by atoms with Crippen molar-refractivity contribution in [1.29, 1.82) is 0 Å². The van der Waals surface area contributed by atoms with Crippen molar-refractivity contribution in [2.24, 2.45) is 0 Å². The number of benzene rings is 1. The number of anilines is 1. The minimum Gasteiger partial charge on any atom is -0.426 e. The molecule has 1 atom stereocenters. The first kappa shape index (κ1) is 15.5. The van der Waals surface area contributed by atoms with Gasteiger partial charge in [0, 0.05) is 23.5 Å². The fourth-order valence-electron chi connectivity index (χ4n) is 3.82. The second-order valence-corrected chi connectivity index (χ2v) is 6.89. The van der Waals surface area contributed by atoms with Gasteiger partial charge in [-0.05, 0) is 49.8 Å². The molecule has 3 rings (SSSR count). The SMILES string of the molecule is CC(=O)Oc1ccc2c3c1CCCC3(CCCCBr)C(=O)N2. The first-order chi connectivity index (χ1) is 10.6. The summed E-state index contributed by atoms with van der Waals surface area (Å²) in [5.41, 5.74) is 2.59. The van der Waals surface area contributed by atoms with E-state index in [4.69, 9.17) is 4.74 Å². The van der Waals surface area contributed by atoms with E-state index in [9.17, 15) is 9.59 Å². The molecule has 1 N–H and O–H groups in total. The summed E-state index contributed by atoms with van der Waals surface area (Å²) in [6.45, 7) is 1.41. The van der Waals surface area contributed by atoms with E-state index in [0.29, 0.717) is 5.75 Å². The molecule has 1 aromatic rings. The van der Waals surface area contributed by atoms with Crippen molar-refractivity contribution in [2.75, 3.05) is 10.6 Å².